The molecule has 4 aromatic carbocycles. The van der Waals surface area contributed by atoms with Crippen molar-refractivity contribution in [1.29, 1.82) is 10.5 Å². The Morgan fingerprint density at radius 2 is 0.925 bits per heavy atom. The molecule has 0 N–H and O–H groups in total. The highest BCUT2D eigenvalue weighted by atomic mass is 16.5. The zero-order valence-electron chi connectivity index (χ0n) is 21.8. The summed E-state index contributed by atoms with van der Waals surface area (Å²) in [5, 5.41) is 18.0. The van der Waals surface area contributed by atoms with Crippen LogP contribution in [0.4, 0.5) is 0 Å². The first-order valence-electron chi connectivity index (χ1n) is 12.2. The average molecular weight is 533 g/mol. The Balaban J connectivity index is 1.70. The van der Waals surface area contributed by atoms with E-state index in [-0.39, 0.29) is 13.2 Å². The number of hydrogen-bond acceptors (Lipinski definition) is 8. The van der Waals surface area contributed by atoms with Gasteiger partial charge in [0.05, 0.1) is 23.3 Å². The van der Waals surface area contributed by atoms with E-state index in [0.29, 0.717) is 45.3 Å². The summed E-state index contributed by atoms with van der Waals surface area (Å²) in [6.45, 7) is 2.65. The van der Waals surface area contributed by atoms with E-state index in [1.807, 2.05) is 12.1 Å². The number of ether oxygens (including phenoxy) is 4. The van der Waals surface area contributed by atoms with E-state index in [1.165, 1.54) is 13.8 Å². The third-order valence-electron chi connectivity index (χ3n) is 5.74. The Morgan fingerprint density at radius 1 is 0.575 bits per heavy atom. The van der Waals surface area contributed by atoms with Crippen molar-refractivity contribution in [3.63, 3.8) is 0 Å². The summed E-state index contributed by atoms with van der Waals surface area (Å²) in [5.41, 5.74) is 3.88. The summed E-state index contributed by atoms with van der Waals surface area (Å²) in [6.07, 6.45) is 0. The van der Waals surface area contributed by atoms with Gasteiger partial charge in [0, 0.05) is 25.0 Å². The van der Waals surface area contributed by atoms with E-state index in [0.717, 1.165) is 11.1 Å². The van der Waals surface area contributed by atoms with E-state index < -0.39 is 11.9 Å². The van der Waals surface area contributed by atoms with Crippen LogP contribution in [0.1, 0.15) is 36.1 Å². The Bertz CT molecular complexity index is 1490. The summed E-state index contributed by atoms with van der Waals surface area (Å²) < 4.78 is 22.6. The second-order valence-corrected chi connectivity index (χ2v) is 8.67. The molecule has 0 atom stereocenters. The highest BCUT2D eigenvalue weighted by molar-refractivity contribution is 5.74. The molecule has 0 spiro atoms. The predicted molar refractivity (Wildman–Crippen MR) is 145 cm³/mol. The van der Waals surface area contributed by atoms with Gasteiger partial charge in [-0.1, -0.05) is 12.1 Å². The van der Waals surface area contributed by atoms with Gasteiger partial charge in [-0.15, -0.1) is 0 Å². The van der Waals surface area contributed by atoms with Gasteiger partial charge >= 0.3 is 11.9 Å². The lowest BCUT2D eigenvalue weighted by molar-refractivity contribution is -0.143. The number of carbonyl (C=O) groups is 2. The van der Waals surface area contributed by atoms with Crippen molar-refractivity contribution in [3.05, 3.63) is 107 Å². The van der Waals surface area contributed by atoms with Gasteiger partial charge in [0.2, 0.25) is 0 Å². The quantitative estimate of drug-likeness (QED) is 0.216. The molecule has 0 aliphatic heterocycles. The Morgan fingerprint density at radius 3 is 1.25 bits per heavy atom. The molecule has 0 unspecified atom stereocenters. The molecule has 0 aromatic heterocycles. The minimum Gasteiger partial charge on any atom is -0.461 e. The maximum Gasteiger partial charge on any atom is 0.302 e. The monoisotopic (exact) mass is 532 g/mol. The van der Waals surface area contributed by atoms with Gasteiger partial charge < -0.3 is 18.9 Å². The highest BCUT2D eigenvalue weighted by Crippen LogP contribution is 2.35. The first-order valence-corrected chi connectivity index (χ1v) is 12.2. The molecule has 0 fully saturated rings. The minimum absolute atomic E-state index is 0.00820. The molecular weight excluding hydrogens is 508 g/mol. The number of esters is 2. The fourth-order valence-electron chi connectivity index (χ4n) is 3.86. The van der Waals surface area contributed by atoms with E-state index in [4.69, 9.17) is 29.5 Å². The van der Waals surface area contributed by atoms with Crippen LogP contribution in [0.3, 0.4) is 0 Å². The fourth-order valence-corrected chi connectivity index (χ4v) is 3.86. The second-order valence-electron chi connectivity index (χ2n) is 8.67. The van der Waals surface area contributed by atoms with Crippen LogP contribution in [-0.4, -0.2) is 11.9 Å². The minimum atomic E-state index is -0.435. The van der Waals surface area contributed by atoms with Crippen LogP contribution in [0.15, 0.2) is 84.9 Å². The fraction of sp³-hybridized carbons (Fsp3) is 0.125. The largest absolute Gasteiger partial charge is 0.461 e. The van der Waals surface area contributed by atoms with Crippen LogP contribution in [0.5, 0.6) is 23.0 Å². The molecule has 8 nitrogen and oxygen atoms in total. The van der Waals surface area contributed by atoms with Crippen LogP contribution in [0, 0.1) is 22.7 Å². The van der Waals surface area contributed by atoms with Crippen LogP contribution < -0.4 is 9.47 Å². The van der Waals surface area contributed by atoms with Crippen molar-refractivity contribution >= 4 is 11.9 Å². The third kappa shape index (κ3) is 7.25. The number of hydrogen-bond donors (Lipinski definition) is 0. The zero-order valence-corrected chi connectivity index (χ0v) is 21.8. The normalized spacial score (nSPS) is 10.1. The Kier molecular flexibility index (Phi) is 8.76. The molecule has 0 aliphatic rings. The second kappa shape index (κ2) is 12.8. The van der Waals surface area contributed by atoms with E-state index in [1.54, 1.807) is 72.8 Å². The van der Waals surface area contributed by atoms with Crippen molar-refractivity contribution in [2.75, 3.05) is 0 Å². The molecule has 8 heteroatoms. The Hall–Kier alpha value is -5.60. The molecule has 0 bridgehead atoms. The van der Waals surface area contributed by atoms with Crippen molar-refractivity contribution in [1.82, 2.24) is 0 Å². The molecule has 4 aromatic rings. The Labute approximate surface area is 231 Å². The van der Waals surface area contributed by atoms with Gasteiger partial charge in [-0.2, -0.15) is 10.5 Å². The lowest BCUT2D eigenvalue weighted by Gasteiger charge is -2.17. The lowest BCUT2D eigenvalue weighted by Crippen LogP contribution is -2.04. The standard InChI is InChI=1S/C32H24N2O6/c1-21(35)37-19-25-15-29(39-27-7-3-23(17-33)4-8-27)11-13-31(25)32-14-12-30(16-26(32)20-38-22(2)36)40-28-9-5-24(18-34)6-10-28/h3-16H,19-20H2,1-2H3. The molecule has 0 aliphatic carbocycles. The lowest BCUT2D eigenvalue weighted by atomic mass is 9.95. The molecule has 0 radical (unpaired) electrons. The van der Waals surface area contributed by atoms with Crippen molar-refractivity contribution in [2.45, 2.75) is 27.1 Å². The SMILES string of the molecule is CC(=O)OCc1cc(Oc2ccc(C#N)cc2)ccc1-c1ccc(Oc2ccc(C#N)cc2)cc1COC(C)=O. The summed E-state index contributed by atoms with van der Waals surface area (Å²) >= 11 is 0. The van der Waals surface area contributed by atoms with Crippen molar-refractivity contribution in [3.8, 4) is 46.3 Å². The smallest absolute Gasteiger partial charge is 0.302 e. The van der Waals surface area contributed by atoms with Gasteiger partial charge in [-0.3, -0.25) is 9.59 Å². The molecule has 40 heavy (non-hydrogen) atoms. The molecule has 0 saturated heterocycles. The number of carbonyl (C=O) groups excluding carboxylic acids is 2. The van der Waals surface area contributed by atoms with Crippen LogP contribution >= 0.6 is 0 Å². The van der Waals surface area contributed by atoms with Crippen LogP contribution in [-0.2, 0) is 32.3 Å². The molecule has 0 amide bonds. The van der Waals surface area contributed by atoms with Crippen molar-refractivity contribution in [2.24, 2.45) is 0 Å². The van der Waals surface area contributed by atoms with Crippen LogP contribution in [0.2, 0.25) is 0 Å². The maximum atomic E-state index is 11.6. The van der Waals surface area contributed by atoms with Gasteiger partial charge in [0.15, 0.2) is 0 Å². The van der Waals surface area contributed by atoms with Gasteiger partial charge in [-0.25, -0.2) is 0 Å². The number of benzene rings is 4. The molecule has 0 heterocycles. The average Bonchev–Trinajstić information content (AvgIpc) is 2.96. The maximum absolute atomic E-state index is 11.6. The zero-order chi connectivity index (χ0) is 28.5. The van der Waals surface area contributed by atoms with E-state index >= 15 is 0 Å². The highest BCUT2D eigenvalue weighted by Gasteiger charge is 2.15. The topological polar surface area (TPSA) is 119 Å². The summed E-state index contributed by atoms with van der Waals surface area (Å²) in [6, 6.07) is 28.3. The third-order valence-corrected chi connectivity index (χ3v) is 5.74. The summed E-state index contributed by atoms with van der Waals surface area (Å²) in [4.78, 5) is 23.3. The molecule has 4 rings (SSSR count). The van der Waals surface area contributed by atoms with E-state index in [9.17, 15) is 9.59 Å². The molecular formula is C32H24N2O6. The van der Waals surface area contributed by atoms with Gasteiger partial charge in [0.1, 0.15) is 36.2 Å². The predicted octanol–water partition coefficient (Wildman–Crippen LogP) is 6.81. The summed E-state index contributed by atoms with van der Waals surface area (Å²) in [7, 11) is 0. The first-order chi connectivity index (χ1) is 19.3. The number of rotatable bonds is 9. The molecule has 198 valence electrons. The molecule has 0 saturated carbocycles. The van der Waals surface area contributed by atoms with Crippen molar-refractivity contribution < 1.29 is 28.5 Å². The van der Waals surface area contributed by atoms with E-state index in [2.05, 4.69) is 12.1 Å². The van der Waals surface area contributed by atoms with Gasteiger partial charge in [-0.05, 0) is 83.9 Å². The number of nitriles is 2. The number of nitrogens with zero attached hydrogens (tertiary/aromatic N) is 2. The summed E-state index contributed by atoms with van der Waals surface area (Å²) in [5.74, 6) is 1.25. The first kappa shape index (κ1) is 27.4. The van der Waals surface area contributed by atoms with Crippen LogP contribution in [0.25, 0.3) is 11.1 Å². The van der Waals surface area contributed by atoms with Gasteiger partial charge in [0.25, 0.3) is 0 Å².